The van der Waals surface area contributed by atoms with E-state index in [4.69, 9.17) is 4.74 Å². The van der Waals surface area contributed by atoms with Crippen molar-refractivity contribution in [2.75, 3.05) is 39.1 Å². The van der Waals surface area contributed by atoms with Crippen LogP contribution in [-0.4, -0.2) is 54.5 Å². The van der Waals surface area contributed by atoms with Gasteiger partial charge in [-0.25, -0.2) is 0 Å². The van der Waals surface area contributed by atoms with E-state index >= 15 is 0 Å². The van der Waals surface area contributed by atoms with Crippen LogP contribution in [0.4, 0.5) is 0 Å². The third kappa shape index (κ3) is 5.00. The van der Waals surface area contributed by atoms with Gasteiger partial charge in [0.25, 0.3) is 0 Å². The predicted octanol–water partition coefficient (Wildman–Crippen LogP) is 1.42. The summed E-state index contributed by atoms with van der Waals surface area (Å²) in [5, 5.41) is 0. The molecule has 0 N–H and O–H groups in total. The zero-order valence-electron chi connectivity index (χ0n) is 9.91. The average molecular weight is 231 g/mol. The highest BCUT2D eigenvalue weighted by Gasteiger charge is 2.24. The van der Waals surface area contributed by atoms with Crippen LogP contribution in [0.2, 0.25) is 0 Å². The SMILES string of the molecule is COCC(=O)CN1CCSC(C)(C)CC1. The van der Waals surface area contributed by atoms with Crippen LogP contribution >= 0.6 is 11.8 Å². The number of methoxy groups -OCH3 is 1. The summed E-state index contributed by atoms with van der Waals surface area (Å²) < 4.78 is 5.20. The molecule has 88 valence electrons. The Bertz CT molecular complexity index is 219. The maximum atomic E-state index is 11.4. The van der Waals surface area contributed by atoms with E-state index in [0.29, 0.717) is 11.3 Å². The number of carbonyl (C=O) groups excluding carboxylic acids is 1. The molecular weight excluding hydrogens is 210 g/mol. The van der Waals surface area contributed by atoms with Crippen LogP contribution in [0.15, 0.2) is 0 Å². The van der Waals surface area contributed by atoms with Gasteiger partial charge in [0.15, 0.2) is 5.78 Å². The van der Waals surface area contributed by atoms with E-state index < -0.39 is 0 Å². The molecule has 0 saturated carbocycles. The molecule has 1 saturated heterocycles. The van der Waals surface area contributed by atoms with Gasteiger partial charge < -0.3 is 4.74 Å². The highest BCUT2D eigenvalue weighted by molar-refractivity contribution is 8.00. The van der Waals surface area contributed by atoms with Crippen molar-refractivity contribution < 1.29 is 9.53 Å². The summed E-state index contributed by atoms with van der Waals surface area (Å²) in [6.45, 7) is 7.38. The second-order valence-electron chi connectivity index (χ2n) is 4.61. The lowest BCUT2D eigenvalue weighted by molar-refractivity contribution is -0.123. The molecule has 1 heterocycles. The Balaban J connectivity index is 2.34. The lowest BCUT2D eigenvalue weighted by atomic mass is 10.1. The van der Waals surface area contributed by atoms with Gasteiger partial charge in [0, 0.05) is 24.2 Å². The molecule has 0 unspecified atom stereocenters. The minimum atomic E-state index is 0.183. The van der Waals surface area contributed by atoms with E-state index in [0.717, 1.165) is 25.3 Å². The second-order valence-corrected chi connectivity index (χ2v) is 6.41. The minimum Gasteiger partial charge on any atom is -0.377 e. The molecule has 0 radical (unpaired) electrons. The number of carbonyl (C=O) groups is 1. The molecule has 0 spiro atoms. The van der Waals surface area contributed by atoms with E-state index in [1.54, 1.807) is 7.11 Å². The molecule has 0 atom stereocenters. The number of ketones is 1. The van der Waals surface area contributed by atoms with Gasteiger partial charge in [0.2, 0.25) is 0 Å². The molecule has 1 aliphatic rings. The number of nitrogens with zero attached hydrogens (tertiary/aromatic N) is 1. The van der Waals surface area contributed by atoms with Crippen LogP contribution < -0.4 is 0 Å². The number of hydrogen-bond acceptors (Lipinski definition) is 4. The highest BCUT2D eigenvalue weighted by Crippen LogP contribution is 2.30. The first-order chi connectivity index (χ1) is 7.03. The van der Waals surface area contributed by atoms with E-state index in [1.165, 1.54) is 0 Å². The number of ether oxygens (including phenoxy) is 1. The molecule has 0 amide bonds. The predicted molar refractivity (Wildman–Crippen MR) is 64.5 cm³/mol. The molecule has 1 aliphatic heterocycles. The monoisotopic (exact) mass is 231 g/mol. The Morgan fingerprint density at radius 2 is 2.20 bits per heavy atom. The smallest absolute Gasteiger partial charge is 0.172 e. The zero-order chi connectivity index (χ0) is 11.3. The van der Waals surface area contributed by atoms with Gasteiger partial charge in [0.1, 0.15) is 6.61 Å². The summed E-state index contributed by atoms with van der Waals surface area (Å²) in [7, 11) is 1.57. The summed E-state index contributed by atoms with van der Waals surface area (Å²) in [5.41, 5.74) is 0. The fraction of sp³-hybridized carbons (Fsp3) is 0.909. The van der Waals surface area contributed by atoms with Crippen LogP contribution in [-0.2, 0) is 9.53 Å². The lowest BCUT2D eigenvalue weighted by Gasteiger charge is -2.22. The Labute approximate surface area is 96.5 Å². The Hall–Kier alpha value is -0.0600. The summed E-state index contributed by atoms with van der Waals surface area (Å²) >= 11 is 2.00. The Morgan fingerprint density at radius 1 is 1.47 bits per heavy atom. The van der Waals surface area contributed by atoms with Crippen LogP contribution in [0.1, 0.15) is 20.3 Å². The Morgan fingerprint density at radius 3 is 2.87 bits per heavy atom. The lowest BCUT2D eigenvalue weighted by Crippen LogP contribution is -2.33. The van der Waals surface area contributed by atoms with E-state index in [2.05, 4.69) is 18.7 Å². The first kappa shape index (κ1) is 13.0. The molecule has 1 rings (SSSR count). The molecule has 1 fully saturated rings. The number of thioether (sulfide) groups is 1. The molecule has 0 aliphatic carbocycles. The van der Waals surface area contributed by atoms with Crippen molar-refractivity contribution in [2.24, 2.45) is 0 Å². The first-order valence-corrected chi connectivity index (χ1v) is 6.39. The molecule has 0 aromatic carbocycles. The van der Waals surface area contributed by atoms with Crippen LogP contribution in [0.5, 0.6) is 0 Å². The molecule has 15 heavy (non-hydrogen) atoms. The standard InChI is InChI=1S/C11H21NO2S/c1-11(2)4-5-12(6-7-15-11)8-10(13)9-14-3/h4-9H2,1-3H3. The Kier molecular flexibility index (Phi) is 5.09. The van der Waals surface area contributed by atoms with Crippen molar-refractivity contribution in [3.05, 3.63) is 0 Å². The van der Waals surface area contributed by atoms with Crippen molar-refractivity contribution in [3.8, 4) is 0 Å². The van der Waals surface area contributed by atoms with E-state index in [1.807, 2.05) is 11.8 Å². The topological polar surface area (TPSA) is 29.5 Å². The quantitative estimate of drug-likeness (QED) is 0.732. The summed E-state index contributed by atoms with van der Waals surface area (Å²) in [5.74, 6) is 1.30. The van der Waals surface area contributed by atoms with Crippen molar-refractivity contribution >= 4 is 17.5 Å². The minimum absolute atomic E-state index is 0.183. The van der Waals surface area contributed by atoms with Gasteiger partial charge >= 0.3 is 0 Å². The average Bonchev–Trinajstić information content (AvgIpc) is 2.28. The largest absolute Gasteiger partial charge is 0.377 e. The third-order valence-corrected chi connectivity index (χ3v) is 4.01. The summed E-state index contributed by atoms with van der Waals surface area (Å²) in [4.78, 5) is 13.7. The normalized spacial score (nSPS) is 22.3. The van der Waals surface area contributed by atoms with Gasteiger partial charge in [-0.3, -0.25) is 9.69 Å². The van der Waals surface area contributed by atoms with Gasteiger partial charge in [-0.05, 0) is 13.0 Å². The van der Waals surface area contributed by atoms with E-state index in [9.17, 15) is 4.79 Å². The zero-order valence-corrected chi connectivity index (χ0v) is 10.7. The van der Waals surface area contributed by atoms with Crippen molar-refractivity contribution in [1.29, 1.82) is 0 Å². The highest BCUT2D eigenvalue weighted by atomic mass is 32.2. The molecule has 4 heteroatoms. The van der Waals surface area contributed by atoms with Gasteiger partial charge in [-0.2, -0.15) is 11.8 Å². The fourth-order valence-corrected chi connectivity index (χ4v) is 2.81. The van der Waals surface area contributed by atoms with Gasteiger partial charge in [0.05, 0.1) is 6.54 Å². The maximum Gasteiger partial charge on any atom is 0.172 e. The van der Waals surface area contributed by atoms with Crippen LogP contribution in [0.3, 0.4) is 0 Å². The fourth-order valence-electron chi connectivity index (χ4n) is 1.68. The van der Waals surface area contributed by atoms with Crippen LogP contribution in [0.25, 0.3) is 0 Å². The third-order valence-electron chi connectivity index (χ3n) is 2.64. The number of hydrogen-bond donors (Lipinski definition) is 0. The molecular formula is C11H21NO2S. The van der Waals surface area contributed by atoms with Gasteiger partial charge in [-0.1, -0.05) is 13.8 Å². The number of rotatable bonds is 4. The molecule has 0 aromatic heterocycles. The molecule has 0 aromatic rings. The first-order valence-electron chi connectivity index (χ1n) is 5.40. The maximum absolute atomic E-state index is 11.4. The van der Waals surface area contributed by atoms with Crippen molar-refractivity contribution in [3.63, 3.8) is 0 Å². The summed E-state index contributed by atoms with van der Waals surface area (Å²) in [6.07, 6.45) is 1.15. The van der Waals surface area contributed by atoms with Crippen molar-refractivity contribution in [1.82, 2.24) is 4.90 Å². The summed E-state index contributed by atoms with van der Waals surface area (Å²) in [6, 6.07) is 0. The van der Waals surface area contributed by atoms with E-state index in [-0.39, 0.29) is 12.4 Å². The van der Waals surface area contributed by atoms with Crippen molar-refractivity contribution in [2.45, 2.75) is 25.0 Å². The molecule has 3 nitrogen and oxygen atoms in total. The molecule has 0 bridgehead atoms. The van der Waals surface area contributed by atoms with Crippen LogP contribution in [0, 0.1) is 0 Å². The second kappa shape index (κ2) is 5.87. The van der Waals surface area contributed by atoms with Gasteiger partial charge in [-0.15, -0.1) is 0 Å². The number of Topliss-reactive ketones (excluding diaryl/α,β-unsaturated/α-hetero) is 1.